The monoisotopic (exact) mass is 1180 g/mol. The van der Waals surface area contributed by atoms with Gasteiger partial charge in [0, 0.05) is 63.5 Å². The molecule has 2 heterocycles. The van der Waals surface area contributed by atoms with Crippen molar-refractivity contribution in [1.29, 1.82) is 10.5 Å². The fourth-order valence-electron chi connectivity index (χ4n) is 10.0. The number of benzene rings is 4. The molecule has 0 aliphatic carbocycles. The Labute approximate surface area is 490 Å². The molecule has 0 fully saturated rings. The second-order valence-electron chi connectivity index (χ2n) is 21.8. The van der Waals surface area contributed by atoms with Gasteiger partial charge in [0.1, 0.15) is 13.1 Å². The van der Waals surface area contributed by atoms with Gasteiger partial charge in [0.05, 0.1) is 96.2 Å². The lowest BCUT2D eigenvalue weighted by atomic mass is 9.91. The first-order chi connectivity index (χ1) is 40.1. The third-order valence-corrected chi connectivity index (χ3v) is 14.4. The summed E-state index contributed by atoms with van der Waals surface area (Å²) in [5.41, 5.74) is -1.31. The molecule has 0 spiro atoms. The van der Waals surface area contributed by atoms with Gasteiger partial charge < -0.3 is 45.3 Å². The molecule has 0 radical (unpaired) electrons. The van der Waals surface area contributed by atoms with Crippen molar-refractivity contribution >= 4 is 47.1 Å². The van der Waals surface area contributed by atoms with Crippen LogP contribution in [0.2, 0.25) is 0 Å². The number of carbonyl (C=O) groups is 6. The summed E-state index contributed by atoms with van der Waals surface area (Å²) in [5.74, 6) is -2.54. The normalized spacial score (nSPS) is 16.0. The summed E-state index contributed by atoms with van der Waals surface area (Å²) in [6.45, 7) is 4.07. The van der Waals surface area contributed by atoms with Crippen LogP contribution < -0.4 is 31.1 Å². The smallest absolute Gasteiger partial charge is 0.353 e. The lowest BCUT2D eigenvalue weighted by Gasteiger charge is -2.43. The van der Waals surface area contributed by atoms with E-state index in [1.807, 2.05) is 36.0 Å². The van der Waals surface area contributed by atoms with Crippen LogP contribution in [-0.4, -0.2) is 168 Å². The van der Waals surface area contributed by atoms with Crippen molar-refractivity contribution in [3.63, 3.8) is 0 Å². The molecule has 0 aromatic heterocycles. The Morgan fingerprint density at radius 2 is 0.906 bits per heavy atom. The van der Waals surface area contributed by atoms with Gasteiger partial charge >= 0.3 is 24.4 Å². The molecular weight excluding hydrogens is 1110 g/mol. The van der Waals surface area contributed by atoms with E-state index in [4.69, 9.17) is 0 Å². The first-order valence-electron chi connectivity index (χ1n) is 27.3. The molecule has 2 atom stereocenters. The Balaban J connectivity index is 1.22. The molecule has 452 valence electrons. The van der Waals surface area contributed by atoms with Crippen LogP contribution in [0, 0.1) is 22.7 Å². The van der Waals surface area contributed by atoms with Crippen molar-refractivity contribution in [1.82, 2.24) is 40.9 Å². The summed E-state index contributed by atoms with van der Waals surface area (Å²) in [5, 5.41) is 30.6. The summed E-state index contributed by atoms with van der Waals surface area (Å²) in [6, 6.07) is 20.1. The third-order valence-electron chi connectivity index (χ3n) is 14.4. The SMILES string of the molecule is CC1=C(C(=O)NCCC[N+](C)(C)CCCNC(=O)C2=C(C)N(c3cccc(C(F)(F)F)c3)C(=O)N(CC(=O)NCCN(C)C)[C@@H]2c2ccc(C#N)cc2)[C@@H](c2ccc(C#N)cc2)N(CC(=O)NCCN(C)C)C(=O)N1c1cccc(C(F)(F)F)c1. The molecule has 8 amide bonds. The molecule has 0 saturated heterocycles. The Bertz CT molecular complexity index is 3040. The van der Waals surface area contributed by atoms with Gasteiger partial charge in [0.15, 0.2) is 0 Å². The summed E-state index contributed by atoms with van der Waals surface area (Å²) in [6.07, 6.45) is -8.81. The molecule has 25 heteroatoms. The summed E-state index contributed by atoms with van der Waals surface area (Å²) in [7, 11) is 11.1. The van der Waals surface area contributed by atoms with Crippen molar-refractivity contribution in [3.05, 3.63) is 153 Å². The van der Waals surface area contributed by atoms with E-state index in [1.165, 1.54) is 74.5 Å². The third kappa shape index (κ3) is 16.7. The summed E-state index contributed by atoms with van der Waals surface area (Å²) >= 11 is 0. The maximum Gasteiger partial charge on any atom is 0.416 e. The van der Waals surface area contributed by atoms with E-state index in [2.05, 4.69) is 21.3 Å². The van der Waals surface area contributed by atoms with Crippen LogP contribution in [0.1, 0.15) is 72.2 Å². The second-order valence-corrected chi connectivity index (χ2v) is 21.8. The maximum absolute atomic E-state index is 14.7. The molecule has 19 nitrogen and oxygen atoms in total. The van der Waals surface area contributed by atoms with Gasteiger partial charge in [-0.25, -0.2) is 9.59 Å². The van der Waals surface area contributed by atoms with Gasteiger partial charge in [0.25, 0.3) is 11.8 Å². The van der Waals surface area contributed by atoms with E-state index >= 15 is 0 Å². The number of hydrogen-bond acceptors (Lipinski definition) is 10. The zero-order valence-electron chi connectivity index (χ0n) is 48.6. The van der Waals surface area contributed by atoms with E-state index in [9.17, 15) is 65.6 Å². The molecule has 0 bridgehead atoms. The number of rotatable bonds is 24. The van der Waals surface area contributed by atoms with Gasteiger partial charge in [-0.15, -0.1) is 0 Å². The lowest BCUT2D eigenvalue weighted by molar-refractivity contribution is -0.890. The average Bonchev–Trinajstić information content (AvgIpc) is 1.02. The van der Waals surface area contributed by atoms with Crippen molar-refractivity contribution in [2.24, 2.45) is 0 Å². The number of quaternary nitrogens is 1. The Morgan fingerprint density at radius 1 is 0.553 bits per heavy atom. The molecule has 2 aliphatic rings. The minimum absolute atomic E-state index is 0.00444. The molecule has 2 aliphatic heterocycles. The molecule has 4 N–H and O–H groups in total. The van der Waals surface area contributed by atoms with Gasteiger partial charge in [0.2, 0.25) is 11.8 Å². The number of hydrogen-bond donors (Lipinski definition) is 4. The van der Waals surface area contributed by atoms with Crippen LogP contribution in [0.15, 0.2) is 120 Å². The first kappa shape index (κ1) is 65.4. The standard InChI is InChI=1S/C60H69F6N13O6/c1-39-51(53(43-21-17-41(35-67)18-22-43)75(37-49(80)69-27-29-73(3)4)57(84)77(39)47-15-9-13-45(33-47)59(61,62)63)55(82)71-25-11-31-79(7,8)32-12-26-72-56(83)52-40(2)78(48-16-10-14-46(34-48)60(64,65)66)58(85)76(38-50(81)70-28-30-74(5)6)54(52)44-23-19-42(36-68)20-24-44/h9-10,13-24,33-34,53-54H,11-12,25-32,37-38H2,1-8H3,(H3-,69,70,71,72,80,81,82,83)/p+1/t53-,54-/m1/s1. The van der Waals surface area contributed by atoms with Crippen molar-refractivity contribution in [2.45, 2.75) is 51.1 Å². The quantitative estimate of drug-likeness (QED) is 0.0316. The molecule has 4 aromatic carbocycles. The summed E-state index contributed by atoms with van der Waals surface area (Å²) in [4.78, 5) is 93.7. The van der Waals surface area contributed by atoms with Gasteiger partial charge in [-0.3, -0.25) is 29.0 Å². The molecule has 0 unspecified atom stereocenters. The predicted octanol–water partition coefficient (Wildman–Crippen LogP) is 7.13. The highest BCUT2D eigenvalue weighted by atomic mass is 19.4. The van der Waals surface area contributed by atoms with Crippen LogP contribution in [0.25, 0.3) is 0 Å². The van der Waals surface area contributed by atoms with Crippen LogP contribution in [0.5, 0.6) is 0 Å². The Morgan fingerprint density at radius 3 is 1.22 bits per heavy atom. The maximum atomic E-state index is 14.7. The first-order valence-corrected chi connectivity index (χ1v) is 27.3. The number of amides is 8. The van der Waals surface area contributed by atoms with E-state index in [0.29, 0.717) is 54.6 Å². The zero-order valence-corrected chi connectivity index (χ0v) is 48.6. The zero-order chi connectivity index (χ0) is 62.6. The molecule has 0 saturated carbocycles. The lowest BCUT2D eigenvalue weighted by Crippen LogP contribution is -2.55. The second kappa shape index (κ2) is 28.2. The molecular formula is C60H70F6N13O6+. The number of nitrogens with one attached hydrogen (secondary N) is 4. The molecule has 85 heavy (non-hydrogen) atoms. The van der Waals surface area contributed by atoms with E-state index < -0.39 is 84.3 Å². The summed E-state index contributed by atoms with van der Waals surface area (Å²) < 4.78 is 84.9. The number of nitriles is 2. The minimum Gasteiger partial charge on any atom is -0.353 e. The Hall–Kier alpha value is -8.78. The number of halogens is 6. The number of anilines is 2. The van der Waals surface area contributed by atoms with Gasteiger partial charge in [-0.1, -0.05) is 36.4 Å². The van der Waals surface area contributed by atoms with Crippen molar-refractivity contribution < 1.29 is 59.6 Å². The molecule has 6 rings (SSSR count). The largest absolute Gasteiger partial charge is 0.416 e. The number of carbonyl (C=O) groups excluding carboxylic acids is 6. The highest BCUT2D eigenvalue weighted by Crippen LogP contribution is 2.43. The van der Waals surface area contributed by atoms with Crippen LogP contribution in [-0.2, 0) is 31.5 Å². The fourth-order valence-corrected chi connectivity index (χ4v) is 10.0. The topological polar surface area (TPSA) is 218 Å². The minimum atomic E-state index is -4.78. The van der Waals surface area contributed by atoms with E-state index in [-0.39, 0.29) is 71.2 Å². The number of allylic oxidation sites excluding steroid dienone is 2. The Kier molecular flexibility index (Phi) is 21.7. The highest BCUT2D eigenvalue weighted by Gasteiger charge is 2.46. The highest BCUT2D eigenvalue weighted by molar-refractivity contribution is 6.07. The van der Waals surface area contributed by atoms with Gasteiger partial charge in [-0.2, -0.15) is 36.9 Å². The van der Waals surface area contributed by atoms with E-state index in [1.54, 1.807) is 28.2 Å². The predicted molar refractivity (Wildman–Crippen MR) is 305 cm³/mol. The fraction of sp³-hybridized carbons (Fsp3) is 0.400. The van der Waals surface area contributed by atoms with Crippen LogP contribution >= 0.6 is 0 Å². The molecule has 4 aromatic rings. The van der Waals surface area contributed by atoms with E-state index in [0.717, 1.165) is 56.0 Å². The van der Waals surface area contributed by atoms with Crippen molar-refractivity contribution in [2.75, 3.05) is 118 Å². The van der Waals surface area contributed by atoms with Crippen LogP contribution in [0.3, 0.4) is 0 Å². The van der Waals surface area contributed by atoms with Crippen molar-refractivity contribution in [3.8, 4) is 12.1 Å². The van der Waals surface area contributed by atoms with Gasteiger partial charge in [-0.05, 0) is 114 Å². The average molecular weight is 1180 g/mol. The van der Waals surface area contributed by atoms with Crippen LogP contribution in [0.4, 0.5) is 47.3 Å². The number of alkyl halides is 6. The number of likely N-dealkylation sites (N-methyl/N-ethyl adjacent to an activating group) is 2. The number of nitrogens with zero attached hydrogens (tertiary/aromatic N) is 9. The number of urea groups is 2.